The summed E-state index contributed by atoms with van der Waals surface area (Å²) in [6.45, 7) is 10.4. The third-order valence-electron chi connectivity index (χ3n) is 2.37. The highest BCUT2D eigenvalue weighted by atomic mass is 16.6. The van der Waals surface area contributed by atoms with Gasteiger partial charge in [-0.15, -0.1) is 0 Å². The molecule has 106 valence electrons. The van der Waals surface area contributed by atoms with E-state index in [4.69, 9.17) is 9.47 Å². The second-order valence-corrected chi connectivity index (χ2v) is 5.55. The van der Waals surface area contributed by atoms with Crippen molar-refractivity contribution in [2.24, 2.45) is 0 Å². The standard InChI is InChI=1S/C15H23NO3/c1-11-6-7-12(2)13(10-11)18-9-8-16-14(17)19-15(3,4)5/h6-7,10H,8-9H2,1-5H3,(H,16,17). The van der Waals surface area contributed by atoms with E-state index in [0.29, 0.717) is 13.2 Å². The molecule has 0 fully saturated rings. The lowest BCUT2D eigenvalue weighted by molar-refractivity contribution is 0.0520. The van der Waals surface area contributed by atoms with Gasteiger partial charge in [0.15, 0.2) is 0 Å². The molecule has 1 aromatic rings. The number of amides is 1. The van der Waals surface area contributed by atoms with Crippen LogP contribution in [-0.4, -0.2) is 24.8 Å². The Balaban J connectivity index is 2.31. The van der Waals surface area contributed by atoms with Gasteiger partial charge in [0, 0.05) is 0 Å². The molecule has 19 heavy (non-hydrogen) atoms. The van der Waals surface area contributed by atoms with Crippen molar-refractivity contribution in [3.8, 4) is 5.75 Å². The Bertz CT molecular complexity index is 436. The van der Waals surface area contributed by atoms with Crippen molar-refractivity contribution in [3.63, 3.8) is 0 Å². The van der Waals surface area contributed by atoms with Gasteiger partial charge in [-0.25, -0.2) is 4.79 Å². The second-order valence-electron chi connectivity index (χ2n) is 5.55. The molecule has 1 amide bonds. The largest absolute Gasteiger partial charge is 0.491 e. The van der Waals surface area contributed by atoms with Crippen LogP contribution in [0.4, 0.5) is 4.79 Å². The average Bonchev–Trinajstić information content (AvgIpc) is 2.26. The van der Waals surface area contributed by atoms with Crippen LogP contribution in [0.5, 0.6) is 5.75 Å². The number of carbonyl (C=O) groups excluding carboxylic acids is 1. The Morgan fingerprint density at radius 3 is 2.58 bits per heavy atom. The lowest BCUT2D eigenvalue weighted by Crippen LogP contribution is -2.34. The molecule has 1 N–H and O–H groups in total. The van der Waals surface area contributed by atoms with Crippen LogP contribution in [-0.2, 0) is 4.74 Å². The van der Waals surface area contributed by atoms with Crippen LogP contribution < -0.4 is 10.1 Å². The van der Waals surface area contributed by atoms with Gasteiger partial charge in [-0.2, -0.15) is 0 Å². The zero-order chi connectivity index (χ0) is 14.5. The van der Waals surface area contributed by atoms with Crippen LogP contribution >= 0.6 is 0 Å². The first-order valence-electron chi connectivity index (χ1n) is 6.45. The van der Waals surface area contributed by atoms with Crippen LogP contribution in [0.2, 0.25) is 0 Å². The monoisotopic (exact) mass is 265 g/mol. The molecule has 0 unspecified atom stereocenters. The molecule has 0 saturated heterocycles. The number of alkyl carbamates (subject to hydrolysis) is 1. The fourth-order valence-corrected chi connectivity index (χ4v) is 1.49. The predicted octanol–water partition coefficient (Wildman–Crippen LogP) is 3.21. The zero-order valence-electron chi connectivity index (χ0n) is 12.4. The Morgan fingerprint density at radius 1 is 1.26 bits per heavy atom. The molecule has 1 rings (SSSR count). The number of nitrogens with one attached hydrogen (secondary N) is 1. The summed E-state index contributed by atoms with van der Waals surface area (Å²) in [6.07, 6.45) is -0.419. The van der Waals surface area contributed by atoms with E-state index < -0.39 is 11.7 Å². The Kier molecular flexibility index (Phi) is 5.21. The summed E-state index contributed by atoms with van der Waals surface area (Å²) in [5.74, 6) is 0.853. The van der Waals surface area contributed by atoms with E-state index >= 15 is 0 Å². The highest BCUT2D eigenvalue weighted by Gasteiger charge is 2.15. The Hall–Kier alpha value is -1.71. The molecular formula is C15H23NO3. The lowest BCUT2D eigenvalue weighted by Gasteiger charge is -2.19. The molecule has 1 aromatic carbocycles. The van der Waals surface area contributed by atoms with E-state index in [9.17, 15) is 4.79 Å². The number of aryl methyl sites for hydroxylation is 2. The van der Waals surface area contributed by atoms with Crippen molar-refractivity contribution in [2.75, 3.05) is 13.2 Å². The molecule has 0 radical (unpaired) electrons. The minimum Gasteiger partial charge on any atom is -0.491 e. The lowest BCUT2D eigenvalue weighted by atomic mass is 10.1. The van der Waals surface area contributed by atoms with Crippen molar-refractivity contribution < 1.29 is 14.3 Å². The highest BCUT2D eigenvalue weighted by Crippen LogP contribution is 2.18. The molecule has 4 heteroatoms. The summed E-state index contributed by atoms with van der Waals surface area (Å²) in [6, 6.07) is 6.05. The minimum absolute atomic E-state index is 0.419. The maximum absolute atomic E-state index is 11.4. The molecule has 0 heterocycles. The average molecular weight is 265 g/mol. The van der Waals surface area contributed by atoms with Gasteiger partial charge in [-0.3, -0.25) is 0 Å². The minimum atomic E-state index is -0.474. The summed E-state index contributed by atoms with van der Waals surface area (Å²) in [4.78, 5) is 11.4. The molecule has 0 bridgehead atoms. The topological polar surface area (TPSA) is 47.6 Å². The van der Waals surface area contributed by atoms with E-state index in [2.05, 4.69) is 5.32 Å². The molecule has 0 saturated carbocycles. The SMILES string of the molecule is Cc1ccc(C)c(OCCNC(=O)OC(C)(C)C)c1. The van der Waals surface area contributed by atoms with Crippen LogP contribution in [0, 0.1) is 13.8 Å². The molecule has 4 nitrogen and oxygen atoms in total. The van der Waals surface area contributed by atoms with Crippen LogP contribution in [0.3, 0.4) is 0 Å². The van der Waals surface area contributed by atoms with Gasteiger partial charge >= 0.3 is 6.09 Å². The van der Waals surface area contributed by atoms with Crippen LogP contribution in [0.1, 0.15) is 31.9 Å². The van der Waals surface area contributed by atoms with Gasteiger partial charge in [-0.05, 0) is 51.8 Å². The summed E-state index contributed by atoms with van der Waals surface area (Å²) in [5.41, 5.74) is 1.77. The van der Waals surface area contributed by atoms with Crippen molar-refractivity contribution in [2.45, 2.75) is 40.2 Å². The fraction of sp³-hybridized carbons (Fsp3) is 0.533. The number of ether oxygens (including phenoxy) is 2. The Labute approximate surface area is 115 Å². The van der Waals surface area contributed by atoms with Gasteiger partial charge in [0.25, 0.3) is 0 Å². The molecule has 0 aliphatic rings. The van der Waals surface area contributed by atoms with Gasteiger partial charge in [0.05, 0.1) is 6.54 Å². The van der Waals surface area contributed by atoms with E-state index in [0.717, 1.165) is 16.9 Å². The molecule has 0 spiro atoms. The van der Waals surface area contributed by atoms with Crippen molar-refractivity contribution >= 4 is 6.09 Å². The summed E-state index contributed by atoms with van der Waals surface area (Å²) < 4.78 is 10.8. The maximum atomic E-state index is 11.4. The number of hydrogen-bond donors (Lipinski definition) is 1. The fourth-order valence-electron chi connectivity index (χ4n) is 1.49. The third-order valence-corrected chi connectivity index (χ3v) is 2.37. The molecule has 0 aliphatic heterocycles. The van der Waals surface area contributed by atoms with E-state index in [-0.39, 0.29) is 0 Å². The van der Waals surface area contributed by atoms with E-state index in [1.54, 1.807) is 0 Å². The highest BCUT2D eigenvalue weighted by molar-refractivity contribution is 5.67. The quantitative estimate of drug-likeness (QED) is 0.850. The molecule has 0 aliphatic carbocycles. The first-order valence-corrected chi connectivity index (χ1v) is 6.45. The first-order chi connectivity index (χ1) is 8.78. The number of rotatable bonds is 4. The van der Waals surface area contributed by atoms with Gasteiger partial charge in [0.2, 0.25) is 0 Å². The maximum Gasteiger partial charge on any atom is 0.407 e. The van der Waals surface area contributed by atoms with Crippen molar-refractivity contribution in [1.82, 2.24) is 5.32 Å². The smallest absolute Gasteiger partial charge is 0.407 e. The number of benzene rings is 1. The van der Waals surface area contributed by atoms with Gasteiger partial charge in [-0.1, -0.05) is 12.1 Å². The van der Waals surface area contributed by atoms with E-state index in [1.807, 2.05) is 52.8 Å². The summed E-state index contributed by atoms with van der Waals surface area (Å²) in [7, 11) is 0. The summed E-state index contributed by atoms with van der Waals surface area (Å²) in [5, 5.41) is 2.66. The third kappa shape index (κ3) is 6.13. The second kappa shape index (κ2) is 6.45. The van der Waals surface area contributed by atoms with Crippen molar-refractivity contribution in [1.29, 1.82) is 0 Å². The zero-order valence-corrected chi connectivity index (χ0v) is 12.4. The number of carbonyl (C=O) groups is 1. The molecule has 0 aromatic heterocycles. The first kappa shape index (κ1) is 15.3. The summed E-state index contributed by atoms with van der Waals surface area (Å²) >= 11 is 0. The van der Waals surface area contributed by atoms with Crippen LogP contribution in [0.25, 0.3) is 0 Å². The Morgan fingerprint density at radius 2 is 1.95 bits per heavy atom. The molecular weight excluding hydrogens is 242 g/mol. The van der Waals surface area contributed by atoms with Crippen LogP contribution in [0.15, 0.2) is 18.2 Å². The normalized spacial score (nSPS) is 11.0. The van der Waals surface area contributed by atoms with Gasteiger partial charge < -0.3 is 14.8 Å². The van der Waals surface area contributed by atoms with Crippen molar-refractivity contribution in [3.05, 3.63) is 29.3 Å². The van der Waals surface area contributed by atoms with Gasteiger partial charge in [0.1, 0.15) is 18.0 Å². The molecule has 0 atom stereocenters. The predicted molar refractivity (Wildman–Crippen MR) is 75.6 cm³/mol. The number of hydrogen-bond acceptors (Lipinski definition) is 3. The van der Waals surface area contributed by atoms with E-state index in [1.165, 1.54) is 0 Å².